The number of nitrogens with zero attached hydrogens (tertiary/aromatic N) is 2. The molecule has 5 nitrogen and oxygen atoms in total. The third-order valence-electron chi connectivity index (χ3n) is 8.91. The first-order valence-electron chi connectivity index (χ1n) is 14.3. The fourth-order valence-electron chi connectivity index (χ4n) is 6.23. The number of carbonyl (C=O) groups excluding carboxylic acids is 1. The molecule has 1 fully saturated rings. The van der Waals surface area contributed by atoms with Gasteiger partial charge in [-0.3, -0.25) is 4.79 Å². The molecule has 2 N–H and O–H groups in total. The maximum Gasteiger partial charge on any atom is 0.220 e. The lowest BCUT2D eigenvalue weighted by Gasteiger charge is -2.35. The molecule has 4 aromatic rings. The van der Waals surface area contributed by atoms with Gasteiger partial charge < -0.3 is 10.4 Å². The number of carbonyl (C=O) groups is 1. The maximum atomic E-state index is 13.5. The van der Waals surface area contributed by atoms with Gasteiger partial charge in [0.05, 0.1) is 17.9 Å². The number of halogens is 1. The van der Waals surface area contributed by atoms with Gasteiger partial charge in [-0.25, -0.2) is 9.07 Å². The molecule has 1 aromatic heterocycles. The number of nitrogens with one attached hydrogen (secondary N) is 1. The molecule has 3 atom stereocenters. The fraction of sp³-hybridized carbons (Fsp3) is 0.314. The number of phenolic OH excluding ortho intramolecular Hbond substituents is 1. The predicted octanol–water partition coefficient (Wildman–Crippen LogP) is 7.42. The second kappa shape index (κ2) is 12.1. The molecule has 212 valence electrons. The predicted molar refractivity (Wildman–Crippen MR) is 160 cm³/mol. The summed E-state index contributed by atoms with van der Waals surface area (Å²) in [5.74, 6) is 0.233. The van der Waals surface area contributed by atoms with E-state index in [2.05, 4.69) is 43.0 Å². The number of allylic oxidation sites excluding steroid dienone is 1. The minimum Gasteiger partial charge on any atom is -0.508 e. The average molecular weight is 552 g/mol. The monoisotopic (exact) mass is 551 g/mol. The van der Waals surface area contributed by atoms with Crippen LogP contribution in [0.4, 0.5) is 4.39 Å². The highest BCUT2D eigenvalue weighted by atomic mass is 19.1. The topological polar surface area (TPSA) is 67.2 Å². The first kappa shape index (κ1) is 28.3. The number of para-hydroxylation sites is 1. The van der Waals surface area contributed by atoms with Crippen LogP contribution in [0.1, 0.15) is 61.0 Å². The van der Waals surface area contributed by atoms with Crippen LogP contribution in [0.5, 0.6) is 5.75 Å². The van der Waals surface area contributed by atoms with Gasteiger partial charge in [-0.05, 0) is 97.4 Å². The minimum absolute atomic E-state index is 0.0305. The first-order chi connectivity index (χ1) is 19.7. The third kappa shape index (κ3) is 6.27. The number of rotatable bonds is 10. The molecule has 1 aliphatic carbocycles. The van der Waals surface area contributed by atoms with Crippen molar-refractivity contribution in [2.24, 2.45) is 11.3 Å². The van der Waals surface area contributed by atoms with E-state index in [4.69, 9.17) is 0 Å². The molecule has 0 aliphatic heterocycles. The van der Waals surface area contributed by atoms with Crippen molar-refractivity contribution in [2.45, 2.75) is 58.4 Å². The zero-order valence-electron chi connectivity index (χ0n) is 23.8. The van der Waals surface area contributed by atoms with Crippen LogP contribution in [0.3, 0.4) is 0 Å². The quantitative estimate of drug-likeness (QED) is 0.202. The Balaban J connectivity index is 1.33. The molecule has 0 radical (unpaired) electrons. The molecule has 0 saturated heterocycles. The molecule has 6 heteroatoms. The zero-order chi connectivity index (χ0) is 29.0. The molecule has 41 heavy (non-hydrogen) atoms. The van der Waals surface area contributed by atoms with Crippen LogP contribution >= 0.6 is 0 Å². The Morgan fingerprint density at radius 3 is 2.54 bits per heavy atom. The number of aromatic nitrogens is 2. The fourth-order valence-corrected chi connectivity index (χ4v) is 6.23. The van der Waals surface area contributed by atoms with Gasteiger partial charge in [-0.1, -0.05) is 67.6 Å². The minimum atomic E-state index is -0.269. The van der Waals surface area contributed by atoms with E-state index in [1.807, 2.05) is 41.2 Å². The summed E-state index contributed by atoms with van der Waals surface area (Å²) in [6, 6.07) is 23.6. The number of amides is 1. The van der Waals surface area contributed by atoms with Gasteiger partial charge in [-0.2, -0.15) is 5.10 Å². The zero-order valence-corrected chi connectivity index (χ0v) is 23.8. The van der Waals surface area contributed by atoms with E-state index in [-0.39, 0.29) is 28.9 Å². The van der Waals surface area contributed by atoms with Crippen LogP contribution in [0, 0.1) is 24.1 Å². The molecule has 3 aromatic carbocycles. The largest absolute Gasteiger partial charge is 0.508 e. The van der Waals surface area contributed by atoms with E-state index in [0.717, 1.165) is 53.8 Å². The van der Waals surface area contributed by atoms with Crippen molar-refractivity contribution in [3.8, 4) is 11.4 Å². The van der Waals surface area contributed by atoms with E-state index >= 15 is 0 Å². The van der Waals surface area contributed by atoms with Crippen molar-refractivity contribution in [1.82, 2.24) is 15.1 Å². The third-order valence-corrected chi connectivity index (χ3v) is 8.91. The summed E-state index contributed by atoms with van der Waals surface area (Å²) in [4.78, 5) is 13.2. The standard InChI is InChI=1S/C35H38FN3O2/c1-24-13-15-29(35(24,3)22-28-23-37-39(25(28)2)31-18-16-30(36)17-19-31)21-32(26-9-5-4-6-10-26)38-34(41)20-14-27-11-7-8-12-33(27)40/h4-12,16-19,23,29,32,40H,1,13-15,20-22H2,2-3H3,(H,38,41)/t29-,32?,35+/m1/s1. The molecular weight excluding hydrogens is 513 g/mol. The number of phenols is 1. The number of aryl methyl sites for hydroxylation is 1. The summed E-state index contributed by atoms with van der Waals surface area (Å²) in [5.41, 5.74) is 5.95. The van der Waals surface area contributed by atoms with Gasteiger partial charge in [0, 0.05) is 12.1 Å². The summed E-state index contributed by atoms with van der Waals surface area (Å²) >= 11 is 0. The normalized spacial score (nSPS) is 19.3. The Morgan fingerprint density at radius 1 is 1.10 bits per heavy atom. The van der Waals surface area contributed by atoms with Gasteiger partial charge in [-0.15, -0.1) is 0 Å². The molecular formula is C35H38FN3O2. The number of benzene rings is 3. The second-order valence-electron chi connectivity index (χ2n) is 11.5. The van der Waals surface area contributed by atoms with Crippen molar-refractivity contribution in [1.29, 1.82) is 0 Å². The molecule has 0 bridgehead atoms. The van der Waals surface area contributed by atoms with Crippen LogP contribution < -0.4 is 5.32 Å². The smallest absolute Gasteiger partial charge is 0.220 e. The Kier molecular flexibility index (Phi) is 8.39. The summed E-state index contributed by atoms with van der Waals surface area (Å²) in [6.45, 7) is 8.84. The summed E-state index contributed by atoms with van der Waals surface area (Å²) in [7, 11) is 0. The van der Waals surface area contributed by atoms with Crippen LogP contribution in [0.15, 0.2) is 97.2 Å². The van der Waals surface area contributed by atoms with Gasteiger partial charge >= 0.3 is 0 Å². The summed E-state index contributed by atoms with van der Waals surface area (Å²) in [6.07, 6.45) is 6.26. The summed E-state index contributed by atoms with van der Waals surface area (Å²) in [5, 5.41) is 18.1. The Morgan fingerprint density at radius 2 is 1.80 bits per heavy atom. The van der Waals surface area contributed by atoms with Crippen LogP contribution in [0.2, 0.25) is 0 Å². The van der Waals surface area contributed by atoms with Crippen molar-refractivity contribution in [3.63, 3.8) is 0 Å². The Bertz CT molecular complexity index is 1510. The molecule has 0 spiro atoms. The molecule has 1 unspecified atom stereocenters. The average Bonchev–Trinajstić information content (AvgIpc) is 3.46. The van der Waals surface area contributed by atoms with E-state index in [0.29, 0.717) is 18.8 Å². The number of aromatic hydroxyl groups is 1. The Hall–Kier alpha value is -4.19. The van der Waals surface area contributed by atoms with E-state index in [1.165, 1.54) is 17.7 Å². The van der Waals surface area contributed by atoms with E-state index in [1.54, 1.807) is 24.3 Å². The number of hydrogen-bond donors (Lipinski definition) is 2. The highest BCUT2D eigenvalue weighted by Gasteiger charge is 2.43. The lowest BCUT2D eigenvalue weighted by molar-refractivity contribution is -0.122. The van der Waals surface area contributed by atoms with Gasteiger partial charge in [0.25, 0.3) is 0 Å². The lowest BCUT2D eigenvalue weighted by Crippen LogP contribution is -2.34. The van der Waals surface area contributed by atoms with Crippen molar-refractivity contribution in [3.05, 3.63) is 125 Å². The van der Waals surface area contributed by atoms with Crippen LogP contribution in [-0.2, 0) is 17.6 Å². The highest BCUT2D eigenvalue weighted by Crippen LogP contribution is 2.52. The SMILES string of the molecule is C=C1CC[C@H](CC(NC(=O)CCc2ccccc2O)c2ccccc2)[C@@]1(C)Cc1cnn(-c2ccc(F)cc2)c1C. The Labute approximate surface area is 241 Å². The highest BCUT2D eigenvalue weighted by molar-refractivity contribution is 5.76. The van der Waals surface area contributed by atoms with Crippen molar-refractivity contribution < 1.29 is 14.3 Å². The summed E-state index contributed by atoms with van der Waals surface area (Å²) < 4.78 is 15.3. The van der Waals surface area contributed by atoms with Gasteiger partial charge in [0.2, 0.25) is 5.91 Å². The van der Waals surface area contributed by atoms with Crippen LogP contribution in [0.25, 0.3) is 5.69 Å². The van der Waals surface area contributed by atoms with Gasteiger partial charge in [0.1, 0.15) is 11.6 Å². The number of hydrogen-bond acceptors (Lipinski definition) is 3. The molecule has 1 amide bonds. The molecule has 1 saturated carbocycles. The molecule has 5 rings (SSSR count). The maximum absolute atomic E-state index is 13.5. The van der Waals surface area contributed by atoms with E-state index < -0.39 is 0 Å². The van der Waals surface area contributed by atoms with E-state index in [9.17, 15) is 14.3 Å². The first-order valence-corrected chi connectivity index (χ1v) is 14.3. The second-order valence-corrected chi connectivity index (χ2v) is 11.5. The van der Waals surface area contributed by atoms with Crippen LogP contribution in [-0.4, -0.2) is 20.8 Å². The van der Waals surface area contributed by atoms with Gasteiger partial charge in [0.15, 0.2) is 0 Å². The van der Waals surface area contributed by atoms with Crippen molar-refractivity contribution in [2.75, 3.05) is 0 Å². The molecule has 1 heterocycles. The van der Waals surface area contributed by atoms with Crippen molar-refractivity contribution >= 4 is 5.91 Å². The molecule has 1 aliphatic rings. The lowest BCUT2D eigenvalue weighted by atomic mass is 9.70.